The molecule has 0 radical (unpaired) electrons. The number of ether oxygens (including phenoxy) is 2. The molecule has 0 fully saturated rings. The van der Waals surface area contributed by atoms with Gasteiger partial charge in [0.05, 0.1) is 19.4 Å². The van der Waals surface area contributed by atoms with E-state index in [1.807, 2.05) is 31.2 Å². The van der Waals surface area contributed by atoms with Crippen LogP contribution in [0.2, 0.25) is 0 Å². The lowest BCUT2D eigenvalue weighted by Gasteiger charge is -2.14. The molecule has 1 aromatic heterocycles. The number of anilines is 2. The molecule has 0 aliphatic heterocycles. The Hall–Kier alpha value is -3.94. The number of aromatic hydroxyl groups is 1. The highest BCUT2D eigenvalue weighted by Crippen LogP contribution is 2.32. The minimum absolute atomic E-state index is 0.0202. The average molecular weight is 407 g/mol. The van der Waals surface area contributed by atoms with Crippen LogP contribution in [0.5, 0.6) is 5.75 Å². The molecule has 0 unspecified atom stereocenters. The number of hydrogen-bond donors (Lipinski definition) is 2. The Morgan fingerprint density at radius 3 is 2.57 bits per heavy atom. The highest BCUT2D eigenvalue weighted by Gasteiger charge is 2.20. The van der Waals surface area contributed by atoms with E-state index >= 15 is 0 Å². The molecule has 0 bridgehead atoms. The van der Waals surface area contributed by atoms with E-state index in [2.05, 4.69) is 20.0 Å². The van der Waals surface area contributed by atoms with E-state index in [1.54, 1.807) is 19.1 Å². The minimum Gasteiger partial charge on any atom is -0.505 e. The number of benzene rings is 2. The zero-order valence-corrected chi connectivity index (χ0v) is 16.8. The number of methoxy groups -OCH3 is 1. The van der Waals surface area contributed by atoms with Crippen molar-refractivity contribution in [3.63, 3.8) is 0 Å². The number of nitrogens with one attached hydrogen (secondary N) is 1. The van der Waals surface area contributed by atoms with Gasteiger partial charge < -0.3 is 19.9 Å². The molecule has 0 amide bonds. The van der Waals surface area contributed by atoms with Crippen molar-refractivity contribution >= 4 is 23.4 Å². The molecular weight excluding hydrogens is 386 g/mol. The van der Waals surface area contributed by atoms with Crippen LogP contribution in [0.15, 0.2) is 48.7 Å². The van der Waals surface area contributed by atoms with Gasteiger partial charge in [-0.25, -0.2) is 19.6 Å². The second kappa shape index (κ2) is 9.04. The monoisotopic (exact) mass is 407 g/mol. The van der Waals surface area contributed by atoms with Gasteiger partial charge in [-0.2, -0.15) is 0 Å². The summed E-state index contributed by atoms with van der Waals surface area (Å²) in [6.07, 6.45) is 1.37. The summed E-state index contributed by atoms with van der Waals surface area (Å²) in [6.45, 7) is 3.83. The number of nitrogens with zero attached hydrogens (tertiary/aromatic N) is 2. The second-order valence-electron chi connectivity index (χ2n) is 6.36. The molecule has 0 aliphatic rings. The number of phenols is 1. The Morgan fingerprint density at radius 2 is 1.87 bits per heavy atom. The number of phenolic OH excluding ortho intramolecular Hbond substituents is 1. The molecular formula is C22H21N3O5. The average Bonchev–Trinajstić information content (AvgIpc) is 2.74. The number of carbonyl (C=O) groups is 2. The van der Waals surface area contributed by atoms with Crippen molar-refractivity contribution in [1.29, 1.82) is 0 Å². The van der Waals surface area contributed by atoms with Gasteiger partial charge in [0.15, 0.2) is 11.6 Å². The van der Waals surface area contributed by atoms with E-state index in [-0.39, 0.29) is 35.0 Å². The first-order valence-electron chi connectivity index (χ1n) is 9.23. The summed E-state index contributed by atoms with van der Waals surface area (Å²) in [5.41, 5.74) is 2.05. The number of aryl methyl sites for hydroxylation is 1. The molecule has 0 saturated heterocycles. The lowest BCUT2D eigenvalue weighted by Crippen LogP contribution is -2.11. The van der Waals surface area contributed by atoms with Crippen LogP contribution in [-0.2, 0) is 9.47 Å². The molecule has 3 aromatic rings. The first kappa shape index (κ1) is 20.8. The zero-order chi connectivity index (χ0) is 21.7. The van der Waals surface area contributed by atoms with Crippen molar-refractivity contribution in [3.8, 4) is 17.1 Å². The van der Waals surface area contributed by atoms with Gasteiger partial charge >= 0.3 is 11.9 Å². The molecule has 2 aromatic carbocycles. The molecule has 30 heavy (non-hydrogen) atoms. The summed E-state index contributed by atoms with van der Waals surface area (Å²) in [7, 11) is 1.22. The number of carbonyl (C=O) groups excluding carboxylic acids is 2. The Labute approximate surface area is 173 Å². The van der Waals surface area contributed by atoms with Crippen LogP contribution in [0, 0.1) is 6.92 Å². The van der Waals surface area contributed by atoms with Gasteiger partial charge in [0, 0.05) is 11.8 Å². The number of aromatic nitrogens is 2. The summed E-state index contributed by atoms with van der Waals surface area (Å²) in [5.74, 6) is -1.10. The summed E-state index contributed by atoms with van der Waals surface area (Å²) < 4.78 is 9.76. The van der Waals surface area contributed by atoms with Crippen LogP contribution in [0.3, 0.4) is 0 Å². The Balaban J connectivity index is 2.08. The Morgan fingerprint density at radius 1 is 1.10 bits per heavy atom. The molecule has 0 atom stereocenters. The molecule has 0 spiro atoms. The maximum absolute atomic E-state index is 12.4. The van der Waals surface area contributed by atoms with E-state index in [0.717, 1.165) is 11.1 Å². The van der Waals surface area contributed by atoms with Gasteiger partial charge in [-0.05, 0) is 32.0 Å². The van der Waals surface area contributed by atoms with Crippen molar-refractivity contribution in [1.82, 2.24) is 9.97 Å². The molecule has 8 heteroatoms. The van der Waals surface area contributed by atoms with Crippen LogP contribution >= 0.6 is 0 Å². The quantitative estimate of drug-likeness (QED) is 0.468. The van der Waals surface area contributed by atoms with Crippen molar-refractivity contribution < 1.29 is 24.2 Å². The van der Waals surface area contributed by atoms with Crippen LogP contribution in [0.25, 0.3) is 11.4 Å². The van der Waals surface area contributed by atoms with Gasteiger partial charge in [0.1, 0.15) is 16.9 Å². The standard InChI is InChI=1S/C22H21N3O5/c1-4-30-22(28)16-12-23-19(14-8-5-7-13(2)11-14)25-20(16)24-17-10-6-9-15(18(17)26)21(27)29-3/h5-12,26H,4H2,1-3H3,(H,23,24,25). The first-order valence-corrected chi connectivity index (χ1v) is 9.23. The molecule has 0 aliphatic carbocycles. The van der Waals surface area contributed by atoms with Gasteiger partial charge in [-0.1, -0.05) is 29.8 Å². The fourth-order valence-corrected chi connectivity index (χ4v) is 2.81. The topological polar surface area (TPSA) is 111 Å². The van der Waals surface area contributed by atoms with E-state index < -0.39 is 11.9 Å². The third kappa shape index (κ3) is 4.38. The molecule has 154 valence electrons. The van der Waals surface area contributed by atoms with E-state index in [0.29, 0.717) is 5.82 Å². The van der Waals surface area contributed by atoms with Crippen LogP contribution in [0.4, 0.5) is 11.5 Å². The molecule has 3 rings (SSSR count). The number of hydrogen-bond acceptors (Lipinski definition) is 8. The van der Waals surface area contributed by atoms with Crippen molar-refractivity contribution in [2.45, 2.75) is 13.8 Å². The maximum Gasteiger partial charge on any atom is 0.343 e. The van der Waals surface area contributed by atoms with E-state index in [1.165, 1.54) is 19.4 Å². The summed E-state index contributed by atoms with van der Waals surface area (Å²) in [6, 6.07) is 12.1. The largest absolute Gasteiger partial charge is 0.505 e. The Bertz CT molecular complexity index is 1100. The predicted molar refractivity (Wildman–Crippen MR) is 111 cm³/mol. The van der Waals surface area contributed by atoms with Gasteiger partial charge in [-0.3, -0.25) is 0 Å². The summed E-state index contributed by atoms with van der Waals surface area (Å²) in [4.78, 5) is 33.0. The van der Waals surface area contributed by atoms with Gasteiger partial charge in [0.2, 0.25) is 0 Å². The fraction of sp³-hybridized carbons (Fsp3) is 0.182. The lowest BCUT2D eigenvalue weighted by molar-refractivity contribution is 0.0525. The van der Waals surface area contributed by atoms with E-state index in [9.17, 15) is 14.7 Å². The highest BCUT2D eigenvalue weighted by molar-refractivity contribution is 5.97. The minimum atomic E-state index is -0.690. The number of rotatable bonds is 6. The van der Waals surface area contributed by atoms with E-state index in [4.69, 9.17) is 4.74 Å². The third-order valence-corrected chi connectivity index (χ3v) is 4.25. The number of esters is 2. The second-order valence-corrected chi connectivity index (χ2v) is 6.36. The smallest absolute Gasteiger partial charge is 0.343 e. The molecule has 2 N–H and O–H groups in total. The van der Waals surface area contributed by atoms with Crippen LogP contribution in [0.1, 0.15) is 33.2 Å². The maximum atomic E-state index is 12.4. The highest BCUT2D eigenvalue weighted by atomic mass is 16.5. The number of para-hydroxylation sites is 1. The molecule has 0 saturated carbocycles. The van der Waals surface area contributed by atoms with Crippen LogP contribution < -0.4 is 5.32 Å². The SMILES string of the molecule is CCOC(=O)c1cnc(-c2cccc(C)c2)nc1Nc1cccc(C(=O)OC)c1O. The molecule has 1 heterocycles. The van der Waals surface area contributed by atoms with Crippen LogP contribution in [-0.4, -0.2) is 40.7 Å². The Kier molecular flexibility index (Phi) is 6.26. The van der Waals surface area contributed by atoms with Crippen molar-refractivity contribution in [2.75, 3.05) is 19.0 Å². The normalized spacial score (nSPS) is 10.4. The van der Waals surface area contributed by atoms with Crippen molar-refractivity contribution in [2.24, 2.45) is 0 Å². The predicted octanol–water partition coefficient (Wildman–Crippen LogP) is 3.86. The lowest BCUT2D eigenvalue weighted by atomic mass is 10.1. The summed E-state index contributed by atoms with van der Waals surface area (Å²) in [5, 5.41) is 13.4. The summed E-state index contributed by atoms with van der Waals surface area (Å²) >= 11 is 0. The first-order chi connectivity index (χ1) is 14.4. The van der Waals surface area contributed by atoms with Gasteiger partial charge in [-0.15, -0.1) is 0 Å². The van der Waals surface area contributed by atoms with Crippen molar-refractivity contribution in [3.05, 3.63) is 65.4 Å². The molecule has 8 nitrogen and oxygen atoms in total. The van der Waals surface area contributed by atoms with Gasteiger partial charge in [0.25, 0.3) is 0 Å². The fourth-order valence-electron chi connectivity index (χ4n) is 2.81. The third-order valence-electron chi connectivity index (χ3n) is 4.25. The zero-order valence-electron chi connectivity index (χ0n) is 16.8.